The number of benzene rings is 4. The molecule has 1 aromatic heterocycles. The number of phenols is 1. The molecule has 5 aromatic rings. The second-order valence-electron chi connectivity index (χ2n) is 12.4. The first kappa shape index (κ1) is 29.2. The maximum Gasteiger partial charge on any atom is 0.279 e. The molecule has 46 heavy (non-hydrogen) atoms. The van der Waals surface area contributed by atoms with E-state index in [9.17, 15) is 14.7 Å². The van der Waals surface area contributed by atoms with Gasteiger partial charge in [0.15, 0.2) is 5.78 Å². The average Bonchev–Trinajstić information content (AvgIpc) is 3.18. The molecule has 0 radical (unpaired) electrons. The largest absolute Gasteiger partial charge is 0.506 e. The molecule has 1 amide bonds. The van der Waals surface area contributed by atoms with E-state index in [1.165, 1.54) is 23.2 Å². The number of anilines is 2. The molecule has 1 aliphatic carbocycles. The normalized spacial score (nSPS) is 17.2. The molecule has 230 valence electrons. The number of hydrogen-bond acceptors (Lipinski definition) is 7. The van der Waals surface area contributed by atoms with Crippen molar-refractivity contribution in [2.45, 2.75) is 39.3 Å². The van der Waals surface area contributed by atoms with E-state index in [4.69, 9.17) is 4.74 Å². The molecular weight excluding hydrogens is 583 g/mol. The SMILES string of the molecule is CC1(C)CC(=O)C2=C(C1)Nc1c(O)cccc1N(C(=O)c1cnc3ccccc3n1)C2c1ccc(OCc2ccccc2)cc1F. The number of carbonyl (C=O) groups excluding carboxylic acids is 2. The van der Waals surface area contributed by atoms with Gasteiger partial charge < -0.3 is 15.2 Å². The Morgan fingerprint density at radius 3 is 2.54 bits per heavy atom. The van der Waals surface area contributed by atoms with Gasteiger partial charge in [-0.1, -0.05) is 62.4 Å². The summed E-state index contributed by atoms with van der Waals surface area (Å²) in [5, 5.41) is 14.3. The number of nitrogens with one attached hydrogen (secondary N) is 1. The number of halogens is 1. The number of rotatable bonds is 5. The Morgan fingerprint density at radius 1 is 1.00 bits per heavy atom. The molecule has 7 rings (SSSR count). The molecule has 1 aliphatic heterocycles. The number of ether oxygens (including phenoxy) is 1. The summed E-state index contributed by atoms with van der Waals surface area (Å²) in [5.41, 5.74) is 3.05. The molecule has 0 saturated heterocycles. The highest BCUT2D eigenvalue weighted by molar-refractivity contribution is 6.12. The van der Waals surface area contributed by atoms with Gasteiger partial charge in [-0.05, 0) is 53.8 Å². The molecule has 0 saturated carbocycles. The van der Waals surface area contributed by atoms with Gasteiger partial charge in [-0.15, -0.1) is 0 Å². The number of Topliss-reactive ketones (excluding diaryl/α,β-unsaturated/α-hetero) is 1. The van der Waals surface area contributed by atoms with Crippen LogP contribution in [0.5, 0.6) is 11.5 Å². The fraction of sp³-hybridized carbons (Fsp3) is 0.189. The van der Waals surface area contributed by atoms with Gasteiger partial charge in [0.25, 0.3) is 5.91 Å². The molecule has 8 nitrogen and oxygen atoms in total. The quantitative estimate of drug-likeness (QED) is 0.198. The Kier molecular flexibility index (Phi) is 7.23. The maximum absolute atomic E-state index is 16.4. The average molecular weight is 615 g/mol. The molecule has 0 fully saturated rings. The lowest BCUT2D eigenvalue weighted by molar-refractivity contribution is -0.118. The summed E-state index contributed by atoms with van der Waals surface area (Å²) >= 11 is 0. The number of allylic oxidation sites excluding steroid dienone is 1. The van der Waals surface area contributed by atoms with Crippen LogP contribution in [-0.4, -0.2) is 26.8 Å². The highest BCUT2D eigenvalue weighted by Gasteiger charge is 2.45. The zero-order valence-electron chi connectivity index (χ0n) is 25.3. The van der Waals surface area contributed by atoms with Crippen molar-refractivity contribution in [3.63, 3.8) is 0 Å². The zero-order chi connectivity index (χ0) is 32.0. The van der Waals surface area contributed by atoms with Crippen LogP contribution in [-0.2, 0) is 11.4 Å². The van der Waals surface area contributed by atoms with Crippen LogP contribution in [0.4, 0.5) is 15.8 Å². The number of phenolic OH excluding ortho intramolecular Hbond substituents is 1. The summed E-state index contributed by atoms with van der Waals surface area (Å²) < 4.78 is 22.3. The maximum atomic E-state index is 16.4. The standard InChI is InChI=1S/C37H31FN4O4/c1-37(2)18-28-33(32(44)19-37)35(24-16-15-23(17-25(24)38)46-21-22-9-4-3-5-10-22)42(30-13-8-14-31(43)34(30)41-28)36(45)29-20-39-26-11-6-7-12-27(26)40-29/h3-17,20,35,41,43H,18-19,21H2,1-2H3. The Morgan fingerprint density at radius 2 is 1.76 bits per heavy atom. The fourth-order valence-electron chi connectivity index (χ4n) is 6.30. The predicted octanol–water partition coefficient (Wildman–Crippen LogP) is 7.51. The summed E-state index contributed by atoms with van der Waals surface area (Å²) in [5.74, 6) is -1.28. The number of aromatic nitrogens is 2. The van der Waals surface area contributed by atoms with E-state index in [0.717, 1.165) is 5.56 Å². The Balaban J connectivity index is 1.40. The summed E-state index contributed by atoms with van der Waals surface area (Å²) in [4.78, 5) is 39.1. The summed E-state index contributed by atoms with van der Waals surface area (Å²) in [6.07, 6.45) is 2.01. The third-order valence-corrected chi connectivity index (χ3v) is 8.41. The molecule has 1 atom stereocenters. The fourth-order valence-corrected chi connectivity index (χ4v) is 6.30. The number of carbonyl (C=O) groups is 2. The summed E-state index contributed by atoms with van der Waals surface area (Å²) in [7, 11) is 0. The number of aromatic hydroxyl groups is 1. The molecule has 0 spiro atoms. The zero-order valence-corrected chi connectivity index (χ0v) is 25.3. The summed E-state index contributed by atoms with van der Waals surface area (Å²) in [6.45, 7) is 4.21. The van der Waals surface area contributed by atoms with Gasteiger partial charge in [0.05, 0.1) is 29.0 Å². The first-order valence-electron chi connectivity index (χ1n) is 15.1. The van der Waals surface area contributed by atoms with E-state index < -0.39 is 23.2 Å². The molecule has 2 N–H and O–H groups in total. The minimum atomic E-state index is -1.18. The topological polar surface area (TPSA) is 105 Å². The lowest BCUT2D eigenvalue weighted by Crippen LogP contribution is -2.40. The third kappa shape index (κ3) is 5.34. The number of fused-ring (bicyclic) bond motifs is 2. The van der Waals surface area contributed by atoms with Crippen LogP contribution in [0.1, 0.15) is 54.3 Å². The smallest absolute Gasteiger partial charge is 0.279 e. The molecule has 2 heterocycles. The van der Waals surface area contributed by atoms with Gasteiger partial charge >= 0.3 is 0 Å². The van der Waals surface area contributed by atoms with Crippen molar-refractivity contribution in [1.82, 2.24) is 9.97 Å². The first-order valence-corrected chi connectivity index (χ1v) is 15.1. The van der Waals surface area contributed by atoms with Crippen molar-refractivity contribution in [3.05, 3.63) is 131 Å². The van der Waals surface area contributed by atoms with Crippen LogP contribution in [0.25, 0.3) is 11.0 Å². The monoisotopic (exact) mass is 614 g/mol. The van der Waals surface area contributed by atoms with E-state index in [2.05, 4.69) is 15.3 Å². The van der Waals surface area contributed by atoms with Crippen molar-refractivity contribution < 1.29 is 23.8 Å². The van der Waals surface area contributed by atoms with Gasteiger partial charge in [-0.3, -0.25) is 19.5 Å². The molecule has 1 unspecified atom stereocenters. The van der Waals surface area contributed by atoms with Crippen LogP contribution >= 0.6 is 0 Å². The van der Waals surface area contributed by atoms with E-state index in [1.807, 2.05) is 50.2 Å². The molecular formula is C37H31FN4O4. The van der Waals surface area contributed by atoms with E-state index in [-0.39, 0.29) is 52.8 Å². The van der Waals surface area contributed by atoms with Crippen molar-refractivity contribution in [1.29, 1.82) is 0 Å². The third-order valence-electron chi connectivity index (χ3n) is 8.41. The van der Waals surface area contributed by atoms with Crippen LogP contribution < -0.4 is 15.0 Å². The Hall–Kier alpha value is -5.57. The van der Waals surface area contributed by atoms with Gasteiger partial charge in [0.2, 0.25) is 0 Å². The van der Waals surface area contributed by atoms with Crippen molar-refractivity contribution in [2.24, 2.45) is 5.41 Å². The number of ketones is 1. The highest BCUT2D eigenvalue weighted by Crippen LogP contribution is 2.51. The van der Waals surface area contributed by atoms with E-state index in [1.54, 1.807) is 42.5 Å². The van der Waals surface area contributed by atoms with Crippen LogP contribution in [0, 0.1) is 11.2 Å². The number of hydrogen-bond donors (Lipinski definition) is 2. The van der Waals surface area contributed by atoms with Crippen molar-refractivity contribution in [2.75, 3.05) is 10.2 Å². The Bertz CT molecular complexity index is 2040. The van der Waals surface area contributed by atoms with Crippen LogP contribution in [0.15, 0.2) is 108 Å². The molecule has 9 heteroatoms. The predicted molar refractivity (Wildman–Crippen MR) is 173 cm³/mol. The highest BCUT2D eigenvalue weighted by atomic mass is 19.1. The Labute approximate surface area is 265 Å². The minimum absolute atomic E-state index is 0.00820. The number of nitrogens with zero attached hydrogens (tertiary/aromatic N) is 3. The van der Waals surface area contributed by atoms with Crippen LogP contribution in [0.2, 0.25) is 0 Å². The van der Waals surface area contributed by atoms with Gasteiger partial charge in [0, 0.05) is 29.3 Å². The second kappa shape index (κ2) is 11.4. The first-order chi connectivity index (χ1) is 22.2. The lowest BCUT2D eigenvalue weighted by atomic mass is 9.73. The lowest BCUT2D eigenvalue weighted by Gasteiger charge is -2.37. The van der Waals surface area contributed by atoms with Crippen molar-refractivity contribution in [3.8, 4) is 11.5 Å². The van der Waals surface area contributed by atoms with Gasteiger partial charge in [-0.25, -0.2) is 9.37 Å². The van der Waals surface area contributed by atoms with E-state index >= 15 is 4.39 Å². The number of para-hydroxylation sites is 3. The summed E-state index contributed by atoms with van der Waals surface area (Å²) in [6, 6.07) is 24.8. The van der Waals surface area contributed by atoms with Crippen molar-refractivity contribution >= 4 is 34.1 Å². The molecule has 2 aliphatic rings. The van der Waals surface area contributed by atoms with E-state index in [0.29, 0.717) is 28.9 Å². The minimum Gasteiger partial charge on any atom is -0.506 e. The van der Waals surface area contributed by atoms with Gasteiger partial charge in [0.1, 0.15) is 35.3 Å². The molecule has 0 bridgehead atoms. The number of amides is 1. The van der Waals surface area contributed by atoms with Crippen LogP contribution in [0.3, 0.4) is 0 Å². The van der Waals surface area contributed by atoms with Gasteiger partial charge in [-0.2, -0.15) is 0 Å². The molecule has 4 aromatic carbocycles. The second-order valence-corrected chi connectivity index (χ2v) is 12.4.